The number of likely N-dealkylation sites (tertiary alicyclic amines) is 1. The zero-order chi connectivity index (χ0) is 13.7. The van der Waals surface area contributed by atoms with Crippen LogP contribution in [0.2, 0.25) is 0 Å². The van der Waals surface area contributed by atoms with Gasteiger partial charge in [-0.25, -0.2) is 0 Å². The highest BCUT2D eigenvalue weighted by molar-refractivity contribution is 5.39. The average Bonchev–Trinajstić information content (AvgIpc) is 2.85. The lowest BCUT2D eigenvalue weighted by atomic mass is 10.0. The van der Waals surface area contributed by atoms with Gasteiger partial charge in [-0.3, -0.25) is 9.58 Å². The maximum Gasteiger partial charge on any atom is 0.0728 e. The topological polar surface area (TPSA) is 33.1 Å². The normalized spacial score (nSPS) is 17.4. The van der Waals surface area contributed by atoms with Crippen molar-refractivity contribution >= 4 is 5.69 Å². The summed E-state index contributed by atoms with van der Waals surface area (Å²) in [5.74, 6) is 0. The summed E-state index contributed by atoms with van der Waals surface area (Å²) < 4.78 is 1.96. The molecule has 4 heteroatoms. The van der Waals surface area contributed by atoms with Crippen LogP contribution in [0.4, 0.5) is 5.69 Å². The number of piperidine rings is 1. The van der Waals surface area contributed by atoms with E-state index in [1.54, 1.807) is 0 Å². The second-order valence-corrected chi connectivity index (χ2v) is 5.59. The summed E-state index contributed by atoms with van der Waals surface area (Å²) >= 11 is 0. The fourth-order valence-electron chi connectivity index (χ4n) is 2.42. The molecule has 1 saturated heterocycles. The Hall–Kier alpha value is -1.29. The molecule has 2 heterocycles. The van der Waals surface area contributed by atoms with Crippen LogP contribution in [0.3, 0.4) is 0 Å². The number of aryl methyl sites for hydroxylation is 1. The van der Waals surface area contributed by atoms with Gasteiger partial charge in [0.25, 0.3) is 0 Å². The number of nitrogens with one attached hydrogen (secondary N) is 1. The largest absolute Gasteiger partial charge is 0.380 e. The monoisotopic (exact) mass is 262 g/mol. The number of aromatic nitrogens is 2. The summed E-state index contributed by atoms with van der Waals surface area (Å²) in [5.41, 5.74) is 2.57. The molecular formula is C15H26N4. The first-order valence-corrected chi connectivity index (χ1v) is 7.32. The highest BCUT2D eigenvalue weighted by atomic mass is 15.3. The first kappa shape index (κ1) is 14.1. The highest BCUT2D eigenvalue weighted by Crippen LogP contribution is 2.16. The molecule has 19 heavy (non-hydrogen) atoms. The number of anilines is 1. The number of nitrogens with zero attached hydrogens (tertiary/aromatic N) is 3. The van der Waals surface area contributed by atoms with Gasteiger partial charge in [0.15, 0.2) is 0 Å². The van der Waals surface area contributed by atoms with Crippen LogP contribution >= 0.6 is 0 Å². The maximum atomic E-state index is 4.30. The van der Waals surface area contributed by atoms with Gasteiger partial charge in [0, 0.05) is 38.4 Å². The molecule has 0 radical (unpaired) electrons. The summed E-state index contributed by atoms with van der Waals surface area (Å²) in [6.07, 6.45) is 8.77. The van der Waals surface area contributed by atoms with Crippen LogP contribution < -0.4 is 5.32 Å². The van der Waals surface area contributed by atoms with Crippen LogP contribution in [0.1, 0.15) is 33.6 Å². The Morgan fingerprint density at radius 3 is 2.74 bits per heavy atom. The molecule has 1 fully saturated rings. The van der Waals surface area contributed by atoms with Crippen molar-refractivity contribution in [2.24, 2.45) is 0 Å². The molecular weight excluding hydrogens is 236 g/mol. The van der Waals surface area contributed by atoms with Crippen LogP contribution in [0, 0.1) is 0 Å². The SMILES string of the molecule is CCn1cc(NC2CCN(CC=C(C)C)CC2)cn1. The van der Waals surface area contributed by atoms with Crippen molar-refractivity contribution in [3.63, 3.8) is 0 Å². The van der Waals surface area contributed by atoms with Crippen molar-refractivity contribution in [2.75, 3.05) is 25.0 Å². The minimum Gasteiger partial charge on any atom is -0.380 e. The van der Waals surface area contributed by atoms with Gasteiger partial charge in [0.1, 0.15) is 0 Å². The van der Waals surface area contributed by atoms with Crippen LogP contribution in [0.15, 0.2) is 24.0 Å². The minimum atomic E-state index is 0.595. The smallest absolute Gasteiger partial charge is 0.0728 e. The molecule has 0 bridgehead atoms. The molecule has 0 spiro atoms. The maximum absolute atomic E-state index is 4.30. The first-order valence-electron chi connectivity index (χ1n) is 7.32. The van der Waals surface area contributed by atoms with E-state index < -0.39 is 0 Å². The van der Waals surface area contributed by atoms with Crippen molar-refractivity contribution in [3.05, 3.63) is 24.0 Å². The fraction of sp³-hybridized carbons (Fsp3) is 0.667. The Bertz CT molecular complexity index is 410. The van der Waals surface area contributed by atoms with Crippen molar-refractivity contribution < 1.29 is 0 Å². The van der Waals surface area contributed by atoms with E-state index in [1.165, 1.54) is 31.5 Å². The van der Waals surface area contributed by atoms with Gasteiger partial charge in [-0.1, -0.05) is 11.6 Å². The quantitative estimate of drug-likeness (QED) is 0.828. The number of hydrogen-bond donors (Lipinski definition) is 1. The Kier molecular flexibility index (Phi) is 5.02. The summed E-state index contributed by atoms with van der Waals surface area (Å²) in [4.78, 5) is 2.53. The van der Waals surface area contributed by atoms with Gasteiger partial charge >= 0.3 is 0 Å². The molecule has 1 aliphatic heterocycles. The first-order chi connectivity index (χ1) is 9.17. The van der Waals surface area contributed by atoms with Crippen molar-refractivity contribution in [1.29, 1.82) is 0 Å². The lowest BCUT2D eigenvalue weighted by molar-refractivity contribution is 0.240. The van der Waals surface area contributed by atoms with Gasteiger partial charge in [-0.2, -0.15) is 5.10 Å². The van der Waals surface area contributed by atoms with Gasteiger partial charge in [0.2, 0.25) is 0 Å². The minimum absolute atomic E-state index is 0.595. The second kappa shape index (κ2) is 6.75. The molecule has 1 aromatic rings. The van der Waals surface area contributed by atoms with E-state index in [2.05, 4.69) is 48.4 Å². The third-order valence-electron chi connectivity index (χ3n) is 3.67. The number of hydrogen-bond acceptors (Lipinski definition) is 3. The van der Waals surface area contributed by atoms with Gasteiger partial charge in [-0.05, 0) is 33.6 Å². The molecule has 1 aliphatic rings. The zero-order valence-corrected chi connectivity index (χ0v) is 12.4. The number of allylic oxidation sites excluding steroid dienone is 1. The summed E-state index contributed by atoms with van der Waals surface area (Å²) in [7, 11) is 0. The molecule has 0 atom stereocenters. The van der Waals surface area contributed by atoms with Gasteiger partial charge in [-0.15, -0.1) is 0 Å². The van der Waals surface area contributed by atoms with Gasteiger partial charge in [0.05, 0.1) is 11.9 Å². The van der Waals surface area contributed by atoms with Crippen molar-refractivity contribution in [2.45, 2.75) is 46.2 Å². The third kappa shape index (κ3) is 4.39. The molecule has 2 rings (SSSR count). The third-order valence-corrected chi connectivity index (χ3v) is 3.67. The molecule has 0 aromatic carbocycles. The average molecular weight is 262 g/mol. The molecule has 4 nitrogen and oxygen atoms in total. The predicted molar refractivity (Wildman–Crippen MR) is 80.4 cm³/mol. The molecule has 0 aliphatic carbocycles. The Morgan fingerprint density at radius 1 is 1.42 bits per heavy atom. The van der Waals surface area contributed by atoms with Crippen LogP contribution in [-0.4, -0.2) is 40.4 Å². The molecule has 0 unspecified atom stereocenters. The van der Waals surface area contributed by atoms with E-state index in [9.17, 15) is 0 Å². The lowest BCUT2D eigenvalue weighted by Crippen LogP contribution is -2.39. The standard InChI is InChI=1S/C15H26N4/c1-4-19-12-15(11-16-19)17-14-6-9-18(10-7-14)8-5-13(2)3/h5,11-12,14,17H,4,6-10H2,1-3H3. The van der Waals surface area contributed by atoms with Crippen LogP contribution in [0.25, 0.3) is 0 Å². The van der Waals surface area contributed by atoms with Crippen molar-refractivity contribution in [3.8, 4) is 0 Å². The van der Waals surface area contributed by atoms with Crippen LogP contribution in [0.5, 0.6) is 0 Å². The van der Waals surface area contributed by atoms with E-state index in [0.29, 0.717) is 6.04 Å². The van der Waals surface area contributed by atoms with Gasteiger partial charge < -0.3 is 5.32 Å². The Labute approximate surface area is 116 Å². The summed E-state index contributed by atoms with van der Waals surface area (Å²) in [6.45, 7) is 10.8. The summed E-state index contributed by atoms with van der Waals surface area (Å²) in [6, 6.07) is 0.595. The summed E-state index contributed by atoms with van der Waals surface area (Å²) in [5, 5.41) is 7.90. The van der Waals surface area contributed by atoms with E-state index >= 15 is 0 Å². The Morgan fingerprint density at radius 2 is 2.16 bits per heavy atom. The Balaban J connectivity index is 1.75. The highest BCUT2D eigenvalue weighted by Gasteiger charge is 2.18. The van der Waals surface area contributed by atoms with Crippen LogP contribution in [-0.2, 0) is 6.54 Å². The zero-order valence-electron chi connectivity index (χ0n) is 12.4. The van der Waals surface area contributed by atoms with Crippen molar-refractivity contribution in [1.82, 2.24) is 14.7 Å². The molecule has 0 amide bonds. The molecule has 0 saturated carbocycles. The molecule has 106 valence electrons. The molecule has 1 N–H and O–H groups in total. The number of rotatable bonds is 5. The second-order valence-electron chi connectivity index (χ2n) is 5.59. The van der Waals surface area contributed by atoms with E-state index in [4.69, 9.17) is 0 Å². The van der Waals surface area contributed by atoms with E-state index in [0.717, 1.165) is 18.8 Å². The molecule has 1 aromatic heterocycles. The predicted octanol–water partition coefficient (Wildman–Crippen LogP) is 2.75. The lowest BCUT2D eigenvalue weighted by Gasteiger charge is -2.31. The van der Waals surface area contributed by atoms with E-state index in [-0.39, 0.29) is 0 Å². The fourth-order valence-corrected chi connectivity index (χ4v) is 2.42. The van der Waals surface area contributed by atoms with E-state index in [1.807, 2.05) is 10.9 Å².